The van der Waals surface area contributed by atoms with Crippen LogP contribution in [0.1, 0.15) is 33.6 Å². The van der Waals surface area contributed by atoms with Gasteiger partial charge in [-0.2, -0.15) is 4.31 Å². The maximum atomic E-state index is 12.7. The van der Waals surface area contributed by atoms with E-state index in [0.29, 0.717) is 13.1 Å². The first kappa shape index (κ1) is 19.8. The average molecular weight is 404 g/mol. The first-order valence-corrected chi connectivity index (χ1v) is 10.1. The zero-order valence-corrected chi connectivity index (χ0v) is 16.0. The molecule has 0 unspecified atom stereocenters. The standard InChI is InChI=1S/C19H20N2O6S/c1-27-19(24)14-6-2-3-7-16(14)20-18(23)15-12-13(8-9-17(15)22)28(25,26)21-10-4-5-11-21/h2-3,6-9,12,22H,4-5,10-11H2,1H3,(H,20,23). The Morgan fingerprint density at radius 1 is 1.07 bits per heavy atom. The molecule has 0 saturated carbocycles. The fourth-order valence-corrected chi connectivity index (χ4v) is 4.55. The van der Waals surface area contributed by atoms with Crippen LogP contribution in [0.5, 0.6) is 5.75 Å². The van der Waals surface area contributed by atoms with Crippen LogP contribution in [0.2, 0.25) is 0 Å². The minimum atomic E-state index is -3.74. The molecule has 8 nitrogen and oxygen atoms in total. The van der Waals surface area contributed by atoms with E-state index >= 15 is 0 Å². The van der Waals surface area contributed by atoms with E-state index in [-0.39, 0.29) is 27.5 Å². The summed E-state index contributed by atoms with van der Waals surface area (Å²) in [5.41, 5.74) is 0.116. The number of hydrogen-bond donors (Lipinski definition) is 2. The summed E-state index contributed by atoms with van der Waals surface area (Å²) in [6.07, 6.45) is 1.57. The molecule has 1 aliphatic rings. The second-order valence-electron chi connectivity index (χ2n) is 6.28. The number of carbonyl (C=O) groups excluding carboxylic acids is 2. The fourth-order valence-electron chi connectivity index (χ4n) is 3.00. The third kappa shape index (κ3) is 3.85. The van der Waals surface area contributed by atoms with Gasteiger partial charge in [0.05, 0.1) is 28.8 Å². The Labute approximate surface area is 162 Å². The zero-order valence-electron chi connectivity index (χ0n) is 15.2. The summed E-state index contributed by atoms with van der Waals surface area (Å²) in [4.78, 5) is 24.4. The SMILES string of the molecule is COC(=O)c1ccccc1NC(=O)c1cc(S(=O)(=O)N2CCCC2)ccc1O. The molecular weight excluding hydrogens is 384 g/mol. The van der Waals surface area contributed by atoms with E-state index in [1.165, 1.54) is 35.7 Å². The van der Waals surface area contributed by atoms with Crippen molar-refractivity contribution in [3.63, 3.8) is 0 Å². The molecule has 0 bridgehead atoms. The minimum absolute atomic E-state index is 0.0707. The number of nitrogens with zero attached hydrogens (tertiary/aromatic N) is 1. The van der Waals surface area contributed by atoms with Gasteiger partial charge in [0.2, 0.25) is 10.0 Å². The highest BCUT2D eigenvalue weighted by atomic mass is 32.2. The van der Waals surface area contributed by atoms with E-state index in [4.69, 9.17) is 0 Å². The van der Waals surface area contributed by atoms with Crippen LogP contribution >= 0.6 is 0 Å². The number of nitrogens with one attached hydrogen (secondary N) is 1. The number of sulfonamides is 1. The van der Waals surface area contributed by atoms with E-state index in [9.17, 15) is 23.1 Å². The quantitative estimate of drug-likeness (QED) is 0.739. The minimum Gasteiger partial charge on any atom is -0.507 e. The molecule has 0 radical (unpaired) electrons. The van der Waals surface area contributed by atoms with Crippen LogP contribution in [0.15, 0.2) is 47.4 Å². The van der Waals surface area contributed by atoms with Gasteiger partial charge in [0, 0.05) is 13.1 Å². The second kappa shape index (κ2) is 7.99. The number of benzene rings is 2. The van der Waals surface area contributed by atoms with Gasteiger partial charge in [-0.15, -0.1) is 0 Å². The molecule has 1 heterocycles. The van der Waals surface area contributed by atoms with E-state index < -0.39 is 21.9 Å². The average Bonchev–Trinajstić information content (AvgIpc) is 3.23. The monoisotopic (exact) mass is 404 g/mol. The summed E-state index contributed by atoms with van der Waals surface area (Å²) in [6.45, 7) is 0.856. The summed E-state index contributed by atoms with van der Waals surface area (Å²) >= 11 is 0. The third-order valence-corrected chi connectivity index (χ3v) is 6.39. The Morgan fingerprint density at radius 2 is 1.75 bits per heavy atom. The number of aromatic hydroxyl groups is 1. The molecule has 0 atom stereocenters. The first-order valence-electron chi connectivity index (χ1n) is 8.66. The molecule has 28 heavy (non-hydrogen) atoms. The lowest BCUT2D eigenvalue weighted by Gasteiger charge is -2.16. The number of amides is 1. The van der Waals surface area contributed by atoms with Crippen molar-refractivity contribution in [3.05, 3.63) is 53.6 Å². The number of rotatable bonds is 5. The molecule has 148 valence electrons. The normalized spacial score (nSPS) is 14.6. The van der Waals surface area contributed by atoms with Crippen LogP contribution in [0, 0.1) is 0 Å². The first-order chi connectivity index (χ1) is 13.3. The lowest BCUT2D eigenvalue weighted by atomic mass is 10.1. The van der Waals surface area contributed by atoms with Crippen molar-refractivity contribution < 1.29 is 27.9 Å². The van der Waals surface area contributed by atoms with Crippen LogP contribution in [-0.4, -0.2) is 49.9 Å². The van der Waals surface area contributed by atoms with Crippen molar-refractivity contribution in [2.75, 3.05) is 25.5 Å². The molecule has 2 aromatic rings. The maximum Gasteiger partial charge on any atom is 0.339 e. The zero-order chi connectivity index (χ0) is 20.3. The summed E-state index contributed by atoms with van der Waals surface area (Å²) in [5, 5.41) is 12.6. The molecule has 2 N–H and O–H groups in total. The lowest BCUT2D eigenvalue weighted by Crippen LogP contribution is -2.28. The number of para-hydroxylation sites is 1. The van der Waals surface area contributed by atoms with E-state index in [1.54, 1.807) is 12.1 Å². The van der Waals surface area contributed by atoms with Gasteiger partial charge < -0.3 is 15.2 Å². The van der Waals surface area contributed by atoms with Crippen LogP contribution in [-0.2, 0) is 14.8 Å². The van der Waals surface area contributed by atoms with E-state index in [1.807, 2.05) is 0 Å². The molecular formula is C19H20N2O6S. The Hall–Kier alpha value is -2.91. The topological polar surface area (TPSA) is 113 Å². The molecule has 2 aromatic carbocycles. The lowest BCUT2D eigenvalue weighted by molar-refractivity contribution is 0.0602. The Bertz CT molecular complexity index is 1010. The highest BCUT2D eigenvalue weighted by molar-refractivity contribution is 7.89. The number of anilines is 1. The molecule has 3 rings (SSSR count). The number of phenolic OH excluding ortho intramolecular Hbond substituents is 1. The number of methoxy groups -OCH3 is 1. The van der Waals surface area contributed by atoms with E-state index in [0.717, 1.165) is 18.9 Å². The van der Waals surface area contributed by atoms with Crippen molar-refractivity contribution in [2.45, 2.75) is 17.7 Å². The Morgan fingerprint density at radius 3 is 2.43 bits per heavy atom. The fraction of sp³-hybridized carbons (Fsp3) is 0.263. The molecule has 1 aliphatic heterocycles. The van der Waals surface area contributed by atoms with Crippen molar-refractivity contribution >= 4 is 27.6 Å². The van der Waals surface area contributed by atoms with Gasteiger partial charge in [-0.25, -0.2) is 13.2 Å². The third-order valence-electron chi connectivity index (χ3n) is 4.50. The number of ether oxygens (including phenoxy) is 1. The number of hydrogen-bond acceptors (Lipinski definition) is 6. The van der Waals surface area contributed by atoms with Crippen molar-refractivity contribution in [1.29, 1.82) is 0 Å². The second-order valence-corrected chi connectivity index (χ2v) is 8.22. The molecule has 1 amide bonds. The molecule has 0 spiro atoms. The smallest absolute Gasteiger partial charge is 0.339 e. The van der Waals surface area contributed by atoms with Gasteiger partial charge in [-0.3, -0.25) is 4.79 Å². The van der Waals surface area contributed by atoms with Crippen LogP contribution < -0.4 is 5.32 Å². The summed E-state index contributed by atoms with van der Waals surface area (Å²) in [5.74, 6) is -1.74. The summed E-state index contributed by atoms with van der Waals surface area (Å²) in [7, 11) is -2.52. The highest BCUT2D eigenvalue weighted by Crippen LogP contribution is 2.27. The van der Waals surface area contributed by atoms with Crippen LogP contribution in [0.25, 0.3) is 0 Å². The van der Waals surface area contributed by atoms with Crippen molar-refractivity contribution in [2.24, 2.45) is 0 Å². The van der Waals surface area contributed by atoms with Gasteiger partial charge in [0.25, 0.3) is 5.91 Å². The largest absolute Gasteiger partial charge is 0.507 e. The maximum absolute atomic E-state index is 12.7. The van der Waals surface area contributed by atoms with Crippen LogP contribution in [0.4, 0.5) is 5.69 Å². The number of esters is 1. The van der Waals surface area contributed by atoms with Gasteiger partial charge in [0.1, 0.15) is 5.75 Å². The van der Waals surface area contributed by atoms with Crippen molar-refractivity contribution in [3.8, 4) is 5.75 Å². The summed E-state index contributed by atoms with van der Waals surface area (Å²) in [6, 6.07) is 9.80. The van der Waals surface area contributed by atoms with Gasteiger partial charge in [0.15, 0.2) is 0 Å². The number of carbonyl (C=O) groups is 2. The molecule has 9 heteroatoms. The predicted octanol–water partition coefficient (Wildman–Crippen LogP) is 2.22. The van der Waals surface area contributed by atoms with Crippen LogP contribution in [0.3, 0.4) is 0 Å². The molecule has 0 aromatic heterocycles. The van der Waals surface area contributed by atoms with Gasteiger partial charge >= 0.3 is 5.97 Å². The Kier molecular flexibility index (Phi) is 5.66. The predicted molar refractivity (Wildman–Crippen MR) is 102 cm³/mol. The molecule has 1 fully saturated rings. The highest BCUT2D eigenvalue weighted by Gasteiger charge is 2.28. The van der Waals surface area contributed by atoms with Gasteiger partial charge in [-0.1, -0.05) is 12.1 Å². The van der Waals surface area contributed by atoms with Gasteiger partial charge in [-0.05, 0) is 43.2 Å². The summed E-state index contributed by atoms with van der Waals surface area (Å²) < 4.78 is 31.5. The number of phenols is 1. The Balaban J connectivity index is 1.92. The van der Waals surface area contributed by atoms with Crippen molar-refractivity contribution in [1.82, 2.24) is 4.31 Å². The molecule has 1 saturated heterocycles. The van der Waals surface area contributed by atoms with E-state index in [2.05, 4.69) is 10.1 Å². The molecule has 0 aliphatic carbocycles.